The lowest BCUT2D eigenvalue weighted by Gasteiger charge is -2.40. The van der Waals surface area contributed by atoms with E-state index in [-0.39, 0.29) is 5.78 Å². The summed E-state index contributed by atoms with van der Waals surface area (Å²) in [6.45, 7) is 1.71. The minimum Gasteiger partial charge on any atom is -0.486 e. The maximum absolute atomic E-state index is 13.1. The number of carbonyl (C=O) groups excluding carboxylic acids is 1. The van der Waals surface area contributed by atoms with E-state index in [1.807, 2.05) is 30.3 Å². The number of nitrogens with zero attached hydrogens (tertiary/aromatic N) is 2. The van der Waals surface area contributed by atoms with Gasteiger partial charge in [-0.25, -0.2) is 0 Å². The number of piperidine rings is 1. The fourth-order valence-electron chi connectivity index (χ4n) is 4.99. The van der Waals surface area contributed by atoms with Crippen LogP contribution in [0.5, 0.6) is 11.5 Å². The first-order valence-electron chi connectivity index (χ1n) is 11.7. The highest BCUT2D eigenvalue weighted by Crippen LogP contribution is 2.41. The summed E-state index contributed by atoms with van der Waals surface area (Å²) >= 11 is 12.5. The van der Waals surface area contributed by atoms with E-state index in [0.717, 1.165) is 42.4 Å². The molecule has 0 amide bonds. The number of benzene rings is 2. The average molecular weight is 524 g/mol. The Morgan fingerprint density at radius 1 is 1.08 bits per heavy atom. The predicted molar refractivity (Wildman–Crippen MR) is 138 cm³/mol. The number of nitrogens with one attached hydrogen (secondary N) is 2. The van der Waals surface area contributed by atoms with Crippen molar-refractivity contribution in [2.45, 2.75) is 31.1 Å². The van der Waals surface area contributed by atoms with Crippen molar-refractivity contribution in [1.82, 2.24) is 20.5 Å². The van der Waals surface area contributed by atoms with Gasteiger partial charge >= 0.3 is 0 Å². The molecule has 2 aliphatic rings. The highest BCUT2D eigenvalue weighted by molar-refractivity contribution is 6.35. The van der Waals surface area contributed by atoms with Crippen molar-refractivity contribution >= 4 is 39.9 Å². The highest BCUT2D eigenvalue weighted by Gasteiger charge is 2.41. The van der Waals surface area contributed by atoms with Crippen LogP contribution in [-0.4, -0.2) is 39.7 Å². The van der Waals surface area contributed by atoms with Crippen molar-refractivity contribution in [2.75, 3.05) is 13.1 Å². The SMILES string of the molecule is N[C@@H](Oc1ccc2[nH]nc(-c3ccc4c(c3)C(=O)CC3(CCNCC3)O4)c2c1)c1c(Cl)cncc1Cl. The van der Waals surface area contributed by atoms with Gasteiger partial charge in [0.2, 0.25) is 0 Å². The molecule has 1 spiro atoms. The molecular weight excluding hydrogens is 501 g/mol. The van der Waals surface area contributed by atoms with Gasteiger partial charge in [0.05, 0.1) is 27.5 Å². The normalized spacial score (nSPS) is 17.6. The molecule has 4 aromatic rings. The van der Waals surface area contributed by atoms with Crippen molar-refractivity contribution in [3.05, 3.63) is 70.0 Å². The van der Waals surface area contributed by atoms with Crippen LogP contribution in [0.2, 0.25) is 10.0 Å². The maximum Gasteiger partial charge on any atom is 0.177 e. The smallest absolute Gasteiger partial charge is 0.177 e. The van der Waals surface area contributed by atoms with Crippen molar-refractivity contribution in [3.8, 4) is 22.8 Å². The Morgan fingerprint density at radius 3 is 2.64 bits per heavy atom. The Morgan fingerprint density at radius 2 is 1.86 bits per heavy atom. The summed E-state index contributed by atoms with van der Waals surface area (Å²) in [7, 11) is 0. The van der Waals surface area contributed by atoms with Crippen molar-refractivity contribution in [1.29, 1.82) is 0 Å². The van der Waals surface area contributed by atoms with E-state index in [1.165, 1.54) is 12.4 Å². The number of fused-ring (bicyclic) bond motifs is 2. The molecule has 2 aromatic carbocycles. The number of ketones is 1. The Bertz CT molecular complexity index is 1460. The van der Waals surface area contributed by atoms with E-state index < -0.39 is 11.8 Å². The molecular formula is C26H23Cl2N5O3. The molecule has 1 saturated heterocycles. The van der Waals surface area contributed by atoms with Gasteiger partial charge in [-0.05, 0) is 49.5 Å². The molecule has 184 valence electrons. The van der Waals surface area contributed by atoms with Gasteiger partial charge in [0.25, 0.3) is 0 Å². The number of pyridine rings is 1. The van der Waals surface area contributed by atoms with E-state index in [4.69, 9.17) is 38.4 Å². The van der Waals surface area contributed by atoms with Crippen LogP contribution in [-0.2, 0) is 0 Å². The lowest BCUT2D eigenvalue weighted by Crippen LogP contribution is -2.49. The van der Waals surface area contributed by atoms with Gasteiger partial charge in [-0.3, -0.25) is 20.6 Å². The number of ether oxygens (including phenoxy) is 2. The van der Waals surface area contributed by atoms with Gasteiger partial charge in [-0.15, -0.1) is 0 Å². The molecule has 8 nitrogen and oxygen atoms in total. The average Bonchev–Trinajstić information content (AvgIpc) is 3.27. The zero-order valence-electron chi connectivity index (χ0n) is 19.2. The Labute approximate surface area is 217 Å². The third kappa shape index (κ3) is 4.10. The number of hydrogen-bond donors (Lipinski definition) is 3. The molecule has 0 unspecified atom stereocenters. The van der Waals surface area contributed by atoms with Crippen molar-refractivity contribution in [3.63, 3.8) is 0 Å². The number of aromatic amines is 1. The zero-order valence-corrected chi connectivity index (χ0v) is 20.7. The number of Topliss-reactive ketones (excluding diaryl/α,β-unsaturated/α-hetero) is 1. The lowest BCUT2D eigenvalue weighted by molar-refractivity contribution is 0.0188. The van der Waals surface area contributed by atoms with Gasteiger partial charge in [0.1, 0.15) is 22.8 Å². The minimum atomic E-state index is -0.887. The van der Waals surface area contributed by atoms with Crippen LogP contribution >= 0.6 is 23.2 Å². The largest absolute Gasteiger partial charge is 0.486 e. The molecule has 0 aliphatic carbocycles. The summed E-state index contributed by atoms with van der Waals surface area (Å²) < 4.78 is 12.3. The molecule has 36 heavy (non-hydrogen) atoms. The molecule has 1 fully saturated rings. The van der Waals surface area contributed by atoms with Crippen LogP contribution in [0.3, 0.4) is 0 Å². The molecule has 6 rings (SSSR count). The first-order valence-corrected chi connectivity index (χ1v) is 12.4. The fourth-order valence-corrected chi connectivity index (χ4v) is 5.57. The van der Waals surface area contributed by atoms with E-state index in [0.29, 0.717) is 44.8 Å². The van der Waals surface area contributed by atoms with Gasteiger partial charge in [-0.2, -0.15) is 5.10 Å². The summed E-state index contributed by atoms with van der Waals surface area (Å²) in [5.74, 6) is 1.26. The van der Waals surface area contributed by atoms with Crippen LogP contribution in [0.15, 0.2) is 48.8 Å². The van der Waals surface area contributed by atoms with E-state index in [2.05, 4.69) is 20.5 Å². The number of nitrogens with two attached hydrogens (primary N) is 1. The molecule has 2 aliphatic heterocycles. The number of halogens is 2. The first-order chi connectivity index (χ1) is 17.4. The Hall–Kier alpha value is -3.17. The minimum absolute atomic E-state index is 0.0981. The highest BCUT2D eigenvalue weighted by atomic mass is 35.5. The molecule has 0 bridgehead atoms. The number of hydrogen-bond acceptors (Lipinski definition) is 7. The van der Waals surface area contributed by atoms with Crippen molar-refractivity contribution < 1.29 is 14.3 Å². The second-order valence-corrected chi connectivity index (χ2v) is 10.00. The molecule has 4 heterocycles. The maximum atomic E-state index is 13.1. The quantitative estimate of drug-likeness (QED) is 0.320. The number of rotatable bonds is 4. The predicted octanol–water partition coefficient (Wildman–Crippen LogP) is 5.06. The first kappa shape index (κ1) is 23.2. The summed E-state index contributed by atoms with van der Waals surface area (Å²) in [5, 5.41) is 12.4. The Kier molecular flexibility index (Phi) is 5.84. The van der Waals surface area contributed by atoms with Gasteiger partial charge < -0.3 is 14.8 Å². The number of aromatic nitrogens is 3. The van der Waals surface area contributed by atoms with Crippen LogP contribution in [0.25, 0.3) is 22.2 Å². The number of carbonyl (C=O) groups is 1. The fraction of sp³-hybridized carbons (Fsp3) is 0.269. The molecule has 4 N–H and O–H groups in total. The third-order valence-corrected chi connectivity index (χ3v) is 7.45. The second-order valence-electron chi connectivity index (χ2n) is 9.18. The summed E-state index contributed by atoms with van der Waals surface area (Å²) in [6.07, 6.45) is 4.09. The zero-order chi connectivity index (χ0) is 24.9. The molecule has 1 atom stereocenters. The van der Waals surface area contributed by atoms with Crippen LogP contribution in [0.1, 0.15) is 41.4 Å². The molecule has 0 saturated carbocycles. The standard InChI is InChI=1S/C26H23Cl2N5O3/c27-18-12-31-13-19(28)23(18)25(29)35-15-2-3-20-16(10-15)24(33-32-20)14-1-4-22-17(9-14)21(34)11-26(36-22)5-7-30-8-6-26/h1-4,9-10,12-13,25,30H,5-8,11,29H2,(H,32,33)/t25-/m0/s1. The third-order valence-electron chi connectivity index (χ3n) is 6.85. The summed E-state index contributed by atoms with van der Waals surface area (Å²) in [4.78, 5) is 17.1. The topological polar surface area (TPSA) is 115 Å². The van der Waals surface area contributed by atoms with E-state index in [9.17, 15) is 4.79 Å². The molecule has 10 heteroatoms. The van der Waals surface area contributed by atoms with E-state index >= 15 is 0 Å². The van der Waals surface area contributed by atoms with Crippen LogP contribution < -0.4 is 20.5 Å². The summed E-state index contributed by atoms with van der Waals surface area (Å²) in [6, 6.07) is 11.1. The Balaban J connectivity index is 1.31. The van der Waals surface area contributed by atoms with Crippen LogP contribution in [0, 0.1) is 0 Å². The molecule has 2 aromatic heterocycles. The van der Waals surface area contributed by atoms with Gasteiger partial charge in [-0.1, -0.05) is 23.2 Å². The monoisotopic (exact) mass is 523 g/mol. The molecule has 0 radical (unpaired) electrons. The van der Waals surface area contributed by atoms with Gasteiger partial charge in [0.15, 0.2) is 12.0 Å². The van der Waals surface area contributed by atoms with Crippen LogP contribution in [0.4, 0.5) is 0 Å². The van der Waals surface area contributed by atoms with E-state index in [1.54, 1.807) is 6.07 Å². The van der Waals surface area contributed by atoms with Gasteiger partial charge in [0, 0.05) is 41.7 Å². The summed E-state index contributed by atoms with van der Waals surface area (Å²) in [5.41, 5.74) is 9.22. The lowest BCUT2D eigenvalue weighted by atomic mass is 9.82. The second kappa shape index (κ2) is 9.05. The number of H-pyrrole nitrogens is 1. The van der Waals surface area contributed by atoms with Crippen molar-refractivity contribution in [2.24, 2.45) is 5.73 Å².